The Morgan fingerprint density at radius 2 is 1.76 bits per heavy atom. The Kier molecular flexibility index (Phi) is 6.28. The summed E-state index contributed by atoms with van der Waals surface area (Å²) < 4.78 is 0. The van der Waals surface area contributed by atoms with Crippen molar-refractivity contribution in [3.8, 4) is 0 Å². The zero-order valence-electron chi connectivity index (χ0n) is 14.3. The van der Waals surface area contributed by atoms with E-state index in [0.29, 0.717) is 13.0 Å². The minimum Gasteiger partial charge on any atom is -0.355 e. The van der Waals surface area contributed by atoms with Gasteiger partial charge in [0.2, 0.25) is 11.9 Å². The zero-order valence-corrected chi connectivity index (χ0v) is 14.3. The molecule has 0 bridgehead atoms. The molecule has 1 fully saturated rings. The van der Waals surface area contributed by atoms with E-state index in [2.05, 4.69) is 30.1 Å². The molecule has 1 aliphatic heterocycles. The normalized spacial score (nSPS) is 15.1. The van der Waals surface area contributed by atoms with Gasteiger partial charge in [-0.25, -0.2) is 9.97 Å². The van der Waals surface area contributed by atoms with E-state index in [4.69, 9.17) is 0 Å². The van der Waals surface area contributed by atoms with Crippen molar-refractivity contribution in [1.29, 1.82) is 0 Å². The maximum atomic E-state index is 11.9. The lowest BCUT2D eigenvalue weighted by Gasteiger charge is -2.34. The van der Waals surface area contributed by atoms with E-state index in [0.717, 1.165) is 50.7 Å². The fourth-order valence-electron chi connectivity index (χ4n) is 2.88. The van der Waals surface area contributed by atoms with Crippen LogP contribution in [0.5, 0.6) is 0 Å². The van der Waals surface area contributed by atoms with Crippen LogP contribution in [0, 0.1) is 0 Å². The highest BCUT2D eigenvalue weighted by atomic mass is 16.1. The number of hydrogen-bond acceptors (Lipinski definition) is 6. The van der Waals surface area contributed by atoms with Gasteiger partial charge in [0.05, 0.1) is 0 Å². The molecule has 0 unspecified atom stereocenters. The number of carbonyl (C=O) groups excluding carboxylic acids is 1. The van der Waals surface area contributed by atoms with Crippen LogP contribution in [0.4, 0.5) is 5.95 Å². The SMILES string of the molecule is O=C(CCc1ccncc1)NCCN1CCN(c2ncccn2)CC1. The molecular weight excluding hydrogens is 316 g/mol. The Morgan fingerprint density at radius 3 is 2.48 bits per heavy atom. The van der Waals surface area contributed by atoms with Crippen LogP contribution in [0.15, 0.2) is 43.0 Å². The molecule has 7 heteroatoms. The molecule has 25 heavy (non-hydrogen) atoms. The zero-order chi connectivity index (χ0) is 17.3. The van der Waals surface area contributed by atoms with Gasteiger partial charge in [0.1, 0.15) is 0 Å². The van der Waals surface area contributed by atoms with Gasteiger partial charge in [-0.3, -0.25) is 14.7 Å². The van der Waals surface area contributed by atoms with Gasteiger partial charge in [-0.15, -0.1) is 0 Å². The average molecular weight is 340 g/mol. The predicted molar refractivity (Wildman–Crippen MR) is 96.3 cm³/mol. The lowest BCUT2D eigenvalue weighted by atomic mass is 10.1. The van der Waals surface area contributed by atoms with E-state index >= 15 is 0 Å². The average Bonchev–Trinajstić information content (AvgIpc) is 2.68. The molecule has 132 valence electrons. The summed E-state index contributed by atoms with van der Waals surface area (Å²) in [7, 11) is 0. The lowest BCUT2D eigenvalue weighted by Crippen LogP contribution is -2.49. The van der Waals surface area contributed by atoms with E-state index in [9.17, 15) is 4.79 Å². The lowest BCUT2D eigenvalue weighted by molar-refractivity contribution is -0.121. The quantitative estimate of drug-likeness (QED) is 0.801. The van der Waals surface area contributed by atoms with Gasteiger partial charge in [0, 0.05) is 70.5 Å². The molecule has 2 aromatic rings. The molecule has 0 aromatic carbocycles. The number of rotatable bonds is 7. The molecule has 1 N–H and O–H groups in total. The highest BCUT2D eigenvalue weighted by molar-refractivity contribution is 5.76. The maximum absolute atomic E-state index is 11.9. The van der Waals surface area contributed by atoms with Crippen molar-refractivity contribution in [2.24, 2.45) is 0 Å². The number of piperazine rings is 1. The van der Waals surface area contributed by atoms with Crippen LogP contribution in [-0.4, -0.2) is 65.0 Å². The molecule has 0 atom stereocenters. The maximum Gasteiger partial charge on any atom is 0.225 e. The second kappa shape index (κ2) is 9.08. The number of aromatic nitrogens is 3. The first-order valence-electron chi connectivity index (χ1n) is 8.71. The van der Waals surface area contributed by atoms with Crippen molar-refractivity contribution >= 4 is 11.9 Å². The molecule has 0 spiro atoms. The Hall–Kier alpha value is -2.54. The summed E-state index contributed by atoms with van der Waals surface area (Å²) in [6, 6.07) is 5.73. The Morgan fingerprint density at radius 1 is 1.04 bits per heavy atom. The van der Waals surface area contributed by atoms with Gasteiger partial charge in [-0.05, 0) is 30.2 Å². The highest BCUT2D eigenvalue weighted by Gasteiger charge is 2.18. The minimum absolute atomic E-state index is 0.105. The standard InChI is InChI=1S/C18H24N6O/c25-17(3-2-16-4-8-19-9-5-16)20-10-11-23-12-14-24(15-13-23)18-21-6-1-7-22-18/h1,4-9H,2-3,10-15H2,(H,20,25). The van der Waals surface area contributed by atoms with E-state index in [1.165, 1.54) is 0 Å². The van der Waals surface area contributed by atoms with E-state index < -0.39 is 0 Å². The van der Waals surface area contributed by atoms with Crippen LogP contribution in [-0.2, 0) is 11.2 Å². The number of carbonyl (C=O) groups is 1. The predicted octanol–water partition coefficient (Wildman–Crippen LogP) is 0.743. The third kappa shape index (κ3) is 5.49. The third-order valence-corrected chi connectivity index (χ3v) is 4.35. The van der Waals surface area contributed by atoms with Crippen LogP contribution in [0.25, 0.3) is 0 Å². The van der Waals surface area contributed by atoms with E-state index in [1.54, 1.807) is 24.8 Å². The molecule has 1 aliphatic rings. The molecule has 1 saturated heterocycles. The summed E-state index contributed by atoms with van der Waals surface area (Å²) in [5.41, 5.74) is 1.14. The number of nitrogens with one attached hydrogen (secondary N) is 1. The van der Waals surface area contributed by atoms with Crippen LogP contribution in [0.1, 0.15) is 12.0 Å². The number of aryl methyl sites for hydroxylation is 1. The van der Waals surface area contributed by atoms with Gasteiger partial charge in [0.15, 0.2) is 0 Å². The summed E-state index contributed by atoms with van der Waals surface area (Å²) in [5, 5.41) is 3.01. The number of pyridine rings is 1. The molecule has 2 aromatic heterocycles. The summed E-state index contributed by atoms with van der Waals surface area (Å²) in [5.74, 6) is 0.902. The fourth-order valence-corrected chi connectivity index (χ4v) is 2.88. The third-order valence-electron chi connectivity index (χ3n) is 4.35. The molecule has 1 amide bonds. The second-order valence-electron chi connectivity index (χ2n) is 6.08. The molecule has 0 radical (unpaired) electrons. The first-order chi connectivity index (χ1) is 12.3. The van der Waals surface area contributed by atoms with Gasteiger partial charge in [-0.1, -0.05) is 0 Å². The Labute approximate surface area is 148 Å². The molecule has 0 saturated carbocycles. The van der Waals surface area contributed by atoms with Gasteiger partial charge < -0.3 is 10.2 Å². The van der Waals surface area contributed by atoms with Crippen LogP contribution in [0.3, 0.4) is 0 Å². The van der Waals surface area contributed by atoms with E-state index in [-0.39, 0.29) is 5.91 Å². The monoisotopic (exact) mass is 340 g/mol. The van der Waals surface area contributed by atoms with Gasteiger partial charge in [-0.2, -0.15) is 0 Å². The summed E-state index contributed by atoms with van der Waals surface area (Å²) >= 11 is 0. The minimum atomic E-state index is 0.105. The number of nitrogens with zero attached hydrogens (tertiary/aromatic N) is 5. The summed E-state index contributed by atoms with van der Waals surface area (Å²) in [6.45, 7) is 5.33. The molecule has 7 nitrogen and oxygen atoms in total. The summed E-state index contributed by atoms with van der Waals surface area (Å²) in [6.07, 6.45) is 8.33. The fraction of sp³-hybridized carbons (Fsp3) is 0.444. The Balaban J connectivity index is 1.30. The van der Waals surface area contributed by atoms with Crippen molar-refractivity contribution in [3.05, 3.63) is 48.5 Å². The smallest absolute Gasteiger partial charge is 0.225 e. The largest absolute Gasteiger partial charge is 0.355 e. The van der Waals surface area contributed by atoms with Crippen LogP contribution < -0.4 is 10.2 Å². The first kappa shape index (κ1) is 17.3. The molecular formula is C18H24N6O. The molecule has 3 rings (SSSR count). The summed E-state index contributed by atoms with van der Waals surface area (Å²) in [4.78, 5) is 29.1. The van der Waals surface area contributed by atoms with Crippen molar-refractivity contribution in [3.63, 3.8) is 0 Å². The molecule has 3 heterocycles. The molecule has 0 aliphatic carbocycles. The van der Waals surface area contributed by atoms with Crippen molar-refractivity contribution in [2.75, 3.05) is 44.2 Å². The first-order valence-corrected chi connectivity index (χ1v) is 8.71. The number of anilines is 1. The van der Waals surface area contributed by atoms with Crippen molar-refractivity contribution < 1.29 is 4.79 Å². The highest BCUT2D eigenvalue weighted by Crippen LogP contribution is 2.09. The van der Waals surface area contributed by atoms with Crippen LogP contribution >= 0.6 is 0 Å². The van der Waals surface area contributed by atoms with Gasteiger partial charge in [0.25, 0.3) is 0 Å². The topological polar surface area (TPSA) is 74.2 Å². The van der Waals surface area contributed by atoms with Gasteiger partial charge >= 0.3 is 0 Å². The number of hydrogen-bond donors (Lipinski definition) is 1. The van der Waals surface area contributed by atoms with E-state index in [1.807, 2.05) is 18.2 Å². The number of amides is 1. The second-order valence-corrected chi connectivity index (χ2v) is 6.08. The van der Waals surface area contributed by atoms with Crippen molar-refractivity contribution in [1.82, 2.24) is 25.2 Å². The Bertz CT molecular complexity index is 643. The van der Waals surface area contributed by atoms with Crippen molar-refractivity contribution in [2.45, 2.75) is 12.8 Å². The van der Waals surface area contributed by atoms with Crippen LogP contribution in [0.2, 0.25) is 0 Å².